The van der Waals surface area contributed by atoms with Crippen molar-refractivity contribution in [3.8, 4) is 0 Å². The highest BCUT2D eigenvalue weighted by Crippen LogP contribution is 2.39. The molecule has 1 saturated carbocycles. The molecule has 0 bridgehead atoms. The Hall–Kier alpha value is -2.03. The van der Waals surface area contributed by atoms with Gasteiger partial charge in [-0.25, -0.2) is 4.98 Å². The standard InChI is InChI=1S/C13H17N5O3S/c1-2-17-5-6-18(12(21)11(17)20)7-9(19)14-13-15-10(16-22-13)8-3-4-8/h8H,2-7H2,1H3,(H,14,15,16,19). The first-order chi connectivity index (χ1) is 10.6. The van der Waals surface area contributed by atoms with Crippen molar-refractivity contribution in [3.63, 3.8) is 0 Å². The monoisotopic (exact) mass is 323 g/mol. The zero-order chi connectivity index (χ0) is 15.7. The first-order valence-corrected chi connectivity index (χ1v) is 8.07. The first-order valence-electron chi connectivity index (χ1n) is 7.30. The number of amides is 3. The lowest BCUT2D eigenvalue weighted by Gasteiger charge is -2.32. The van der Waals surface area contributed by atoms with Crippen molar-refractivity contribution in [2.24, 2.45) is 0 Å². The van der Waals surface area contributed by atoms with Crippen molar-refractivity contribution >= 4 is 34.4 Å². The number of aromatic nitrogens is 2. The van der Waals surface area contributed by atoms with E-state index in [1.54, 1.807) is 0 Å². The third-order valence-electron chi connectivity index (χ3n) is 3.74. The van der Waals surface area contributed by atoms with E-state index in [2.05, 4.69) is 14.7 Å². The Labute approximate surface area is 131 Å². The topological polar surface area (TPSA) is 95.5 Å². The van der Waals surface area contributed by atoms with Crippen LogP contribution in [0.25, 0.3) is 0 Å². The minimum Gasteiger partial charge on any atom is -0.333 e. The van der Waals surface area contributed by atoms with Gasteiger partial charge in [0.05, 0.1) is 0 Å². The van der Waals surface area contributed by atoms with Crippen LogP contribution in [-0.4, -0.2) is 63.1 Å². The molecule has 22 heavy (non-hydrogen) atoms. The smallest absolute Gasteiger partial charge is 0.312 e. The Morgan fingerprint density at radius 2 is 1.95 bits per heavy atom. The number of hydrogen-bond acceptors (Lipinski definition) is 6. The van der Waals surface area contributed by atoms with Crippen LogP contribution in [0.5, 0.6) is 0 Å². The van der Waals surface area contributed by atoms with Gasteiger partial charge < -0.3 is 9.80 Å². The van der Waals surface area contributed by atoms with E-state index in [1.807, 2.05) is 6.92 Å². The van der Waals surface area contributed by atoms with Gasteiger partial charge in [0.1, 0.15) is 12.4 Å². The second-order valence-electron chi connectivity index (χ2n) is 5.39. The van der Waals surface area contributed by atoms with Crippen LogP contribution in [0.2, 0.25) is 0 Å². The van der Waals surface area contributed by atoms with Gasteiger partial charge in [0, 0.05) is 37.1 Å². The largest absolute Gasteiger partial charge is 0.333 e. The molecule has 1 aliphatic carbocycles. The van der Waals surface area contributed by atoms with E-state index in [4.69, 9.17) is 0 Å². The van der Waals surface area contributed by atoms with E-state index >= 15 is 0 Å². The summed E-state index contributed by atoms with van der Waals surface area (Å²) < 4.78 is 4.20. The van der Waals surface area contributed by atoms with Crippen molar-refractivity contribution in [2.75, 3.05) is 31.5 Å². The molecule has 118 valence electrons. The fourth-order valence-corrected chi connectivity index (χ4v) is 2.96. The van der Waals surface area contributed by atoms with Crippen LogP contribution in [0.15, 0.2) is 0 Å². The number of carbonyl (C=O) groups is 3. The van der Waals surface area contributed by atoms with Crippen LogP contribution in [-0.2, 0) is 14.4 Å². The molecule has 8 nitrogen and oxygen atoms in total. The molecule has 2 aliphatic rings. The SMILES string of the molecule is CCN1CCN(CC(=O)Nc2nc(C3CC3)ns2)C(=O)C1=O. The lowest BCUT2D eigenvalue weighted by molar-refractivity contribution is -0.156. The summed E-state index contributed by atoms with van der Waals surface area (Å²) in [5.74, 6) is -0.316. The minimum absolute atomic E-state index is 0.138. The number of piperazine rings is 1. The first kappa shape index (κ1) is 14.9. The van der Waals surface area contributed by atoms with Crippen molar-refractivity contribution < 1.29 is 14.4 Å². The third-order valence-corrected chi connectivity index (χ3v) is 4.39. The van der Waals surface area contributed by atoms with Gasteiger partial charge in [0.15, 0.2) is 0 Å². The summed E-state index contributed by atoms with van der Waals surface area (Å²) in [6.07, 6.45) is 2.20. The number of likely N-dealkylation sites (N-methyl/N-ethyl adjacent to an activating group) is 1. The lowest BCUT2D eigenvalue weighted by atomic mass is 10.3. The fourth-order valence-electron chi connectivity index (χ4n) is 2.29. The van der Waals surface area contributed by atoms with Crippen molar-refractivity contribution in [1.29, 1.82) is 0 Å². The molecule has 2 fully saturated rings. The van der Waals surface area contributed by atoms with Crippen LogP contribution >= 0.6 is 11.5 Å². The summed E-state index contributed by atoms with van der Waals surface area (Å²) in [6, 6.07) is 0. The van der Waals surface area contributed by atoms with Crippen LogP contribution < -0.4 is 5.32 Å². The molecule has 0 atom stereocenters. The summed E-state index contributed by atoms with van der Waals surface area (Å²) in [6.45, 7) is 3.01. The highest BCUT2D eigenvalue weighted by molar-refractivity contribution is 7.09. The predicted molar refractivity (Wildman–Crippen MR) is 79.3 cm³/mol. The summed E-state index contributed by atoms with van der Waals surface area (Å²) in [4.78, 5) is 42.7. The number of rotatable bonds is 5. The van der Waals surface area contributed by atoms with E-state index in [0.717, 1.165) is 30.2 Å². The summed E-state index contributed by atoms with van der Waals surface area (Å²) >= 11 is 1.14. The van der Waals surface area contributed by atoms with Gasteiger partial charge in [-0.3, -0.25) is 19.7 Å². The van der Waals surface area contributed by atoms with E-state index in [9.17, 15) is 14.4 Å². The minimum atomic E-state index is -0.626. The molecule has 1 aliphatic heterocycles. The average molecular weight is 323 g/mol. The van der Waals surface area contributed by atoms with Crippen LogP contribution in [0, 0.1) is 0 Å². The van der Waals surface area contributed by atoms with E-state index < -0.39 is 11.8 Å². The number of hydrogen-bond donors (Lipinski definition) is 1. The molecule has 3 rings (SSSR count). The van der Waals surface area contributed by atoms with Crippen molar-refractivity contribution in [3.05, 3.63) is 5.82 Å². The number of nitrogens with zero attached hydrogens (tertiary/aromatic N) is 4. The molecule has 2 heterocycles. The Kier molecular flexibility index (Phi) is 4.06. The molecule has 3 amide bonds. The molecular weight excluding hydrogens is 306 g/mol. The molecule has 0 spiro atoms. The Bertz CT molecular complexity index is 613. The molecule has 0 aromatic carbocycles. The normalized spacial score (nSPS) is 18.8. The predicted octanol–water partition coefficient (Wildman–Crippen LogP) is 0.0447. The van der Waals surface area contributed by atoms with Crippen LogP contribution in [0.3, 0.4) is 0 Å². The van der Waals surface area contributed by atoms with Gasteiger partial charge in [0.2, 0.25) is 11.0 Å². The van der Waals surface area contributed by atoms with Gasteiger partial charge >= 0.3 is 11.8 Å². The van der Waals surface area contributed by atoms with Crippen LogP contribution in [0.4, 0.5) is 5.13 Å². The highest BCUT2D eigenvalue weighted by Gasteiger charge is 2.33. The maximum Gasteiger partial charge on any atom is 0.312 e. The number of carbonyl (C=O) groups excluding carboxylic acids is 3. The molecule has 1 N–H and O–H groups in total. The zero-order valence-electron chi connectivity index (χ0n) is 12.2. The second-order valence-corrected chi connectivity index (χ2v) is 6.14. The van der Waals surface area contributed by atoms with E-state index in [0.29, 0.717) is 30.7 Å². The summed E-state index contributed by atoms with van der Waals surface area (Å²) in [5.41, 5.74) is 0. The highest BCUT2D eigenvalue weighted by atomic mass is 32.1. The van der Waals surface area contributed by atoms with Gasteiger partial charge in [-0.1, -0.05) is 0 Å². The quantitative estimate of drug-likeness (QED) is 0.772. The van der Waals surface area contributed by atoms with Gasteiger partial charge in [-0.2, -0.15) is 4.37 Å². The van der Waals surface area contributed by atoms with Gasteiger partial charge in [0.25, 0.3) is 0 Å². The Morgan fingerprint density at radius 3 is 2.64 bits per heavy atom. The van der Waals surface area contributed by atoms with E-state index in [1.165, 1.54) is 9.80 Å². The molecule has 0 unspecified atom stereocenters. The Balaban J connectivity index is 1.54. The molecular formula is C13H17N5O3S. The number of nitrogens with one attached hydrogen (secondary N) is 1. The van der Waals surface area contributed by atoms with Gasteiger partial charge in [-0.05, 0) is 19.8 Å². The zero-order valence-corrected chi connectivity index (χ0v) is 13.1. The second kappa shape index (κ2) is 5.99. The maximum absolute atomic E-state index is 12.0. The number of anilines is 1. The van der Waals surface area contributed by atoms with Crippen molar-refractivity contribution in [2.45, 2.75) is 25.7 Å². The summed E-state index contributed by atoms with van der Waals surface area (Å²) in [5, 5.41) is 3.08. The van der Waals surface area contributed by atoms with Crippen molar-refractivity contribution in [1.82, 2.24) is 19.2 Å². The van der Waals surface area contributed by atoms with Crippen LogP contribution in [0.1, 0.15) is 31.5 Å². The molecule has 0 radical (unpaired) electrons. The Morgan fingerprint density at radius 1 is 1.27 bits per heavy atom. The third kappa shape index (κ3) is 3.08. The molecule has 1 aromatic heterocycles. The average Bonchev–Trinajstić information content (AvgIpc) is 3.25. The molecule has 1 aromatic rings. The fraction of sp³-hybridized carbons (Fsp3) is 0.615. The lowest BCUT2D eigenvalue weighted by Crippen LogP contribution is -2.55. The van der Waals surface area contributed by atoms with E-state index in [-0.39, 0.29) is 12.5 Å². The maximum atomic E-state index is 12.0. The van der Waals surface area contributed by atoms with Gasteiger partial charge in [-0.15, -0.1) is 0 Å². The summed E-state index contributed by atoms with van der Waals surface area (Å²) in [7, 11) is 0. The molecule has 9 heteroatoms. The molecule has 1 saturated heterocycles.